The van der Waals surface area contributed by atoms with Crippen molar-refractivity contribution >= 4 is 34.4 Å². The quantitative estimate of drug-likeness (QED) is 0.559. The van der Waals surface area contributed by atoms with Crippen molar-refractivity contribution in [1.82, 2.24) is 19.5 Å². The van der Waals surface area contributed by atoms with E-state index < -0.39 is 0 Å². The van der Waals surface area contributed by atoms with Crippen LogP contribution in [-0.4, -0.2) is 19.5 Å². The van der Waals surface area contributed by atoms with Gasteiger partial charge < -0.3 is 5.32 Å². The van der Waals surface area contributed by atoms with E-state index in [1.165, 1.54) is 32.1 Å². The van der Waals surface area contributed by atoms with E-state index in [2.05, 4.69) is 35.6 Å². The van der Waals surface area contributed by atoms with Crippen molar-refractivity contribution < 1.29 is 0 Å². The lowest BCUT2D eigenvalue weighted by Gasteiger charge is -2.25. The first kappa shape index (κ1) is 19.2. The zero-order valence-corrected chi connectivity index (χ0v) is 17.6. The predicted molar refractivity (Wildman–Crippen MR) is 115 cm³/mol. The summed E-state index contributed by atoms with van der Waals surface area (Å²) in [5.41, 5.74) is 2.91. The van der Waals surface area contributed by atoms with Gasteiger partial charge in [0.05, 0.1) is 6.20 Å². The standard InChI is InChI=1S/C22H28ClN5/c1-22(2,3)13-19-24-14-18-20(27-19)28(17-7-5-4-6-8-17)21(26-18)25-16-11-9-15(23)10-12-16/h9-12,14,17H,4-8,13H2,1-3H3,(H,25,26). The Labute approximate surface area is 171 Å². The van der Waals surface area contributed by atoms with Gasteiger partial charge in [0.2, 0.25) is 5.95 Å². The van der Waals surface area contributed by atoms with E-state index in [4.69, 9.17) is 21.6 Å². The van der Waals surface area contributed by atoms with Crippen molar-refractivity contribution in [3.8, 4) is 0 Å². The molecular weight excluding hydrogens is 370 g/mol. The number of imidazole rings is 1. The third kappa shape index (κ3) is 4.30. The minimum absolute atomic E-state index is 0.147. The molecule has 6 heteroatoms. The second kappa shape index (κ2) is 7.70. The van der Waals surface area contributed by atoms with E-state index in [1.807, 2.05) is 30.5 Å². The highest BCUT2D eigenvalue weighted by atomic mass is 35.5. The molecule has 0 spiro atoms. The van der Waals surface area contributed by atoms with Gasteiger partial charge in [-0.15, -0.1) is 0 Å². The smallest absolute Gasteiger partial charge is 0.209 e. The van der Waals surface area contributed by atoms with E-state index in [0.717, 1.165) is 40.1 Å². The highest BCUT2D eigenvalue weighted by molar-refractivity contribution is 6.30. The van der Waals surface area contributed by atoms with E-state index >= 15 is 0 Å². The SMILES string of the molecule is CC(C)(C)Cc1ncc2nc(Nc3ccc(Cl)cc3)n(C3CCCCC3)c2n1. The monoisotopic (exact) mass is 397 g/mol. The average Bonchev–Trinajstić information content (AvgIpc) is 3.00. The molecule has 1 aliphatic rings. The van der Waals surface area contributed by atoms with Crippen LogP contribution in [0.1, 0.15) is 64.7 Å². The van der Waals surface area contributed by atoms with Gasteiger partial charge >= 0.3 is 0 Å². The zero-order chi connectivity index (χ0) is 19.7. The lowest BCUT2D eigenvalue weighted by Crippen LogP contribution is -2.16. The highest BCUT2D eigenvalue weighted by Crippen LogP contribution is 2.34. The van der Waals surface area contributed by atoms with Gasteiger partial charge in [-0.1, -0.05) is 51.6 Å². The Balaban J connectivity index is 1.77. The Morgan fingerprint density at radius 1 is 1.07 bits per heavy atom. The third-order valence-electron chi connectivity index (χ3n) is 5.21. The molecule has 0 aliphatic heterocycles. The Morgan fingerprint density at radius 2 is 1.79 bits per heavy atom. The first-order valence-corrected chi connectivity index (χ1v) is 10.5. The van der Waals surface area contributed by atoms with Gasteiger partial charge in [-0.2, -0.15) is 0 Å². The maximum Gasteiger partial charge on any atom is 0.209 e. The van der Waals surface area contributed by atoms with Crippen molar-refractivity contribution in [2.24, 2.45) is 5.41 Å². The molecule has 0 saturated heterocycles. The minimum Gasteiger partial charge on any atom is -0.326 e. The number of benzene rings is 1. The largest absolute Gasteiger partial charge is 0.326 e. The number of halogens is 1. The van der Waals surface area contributed by atoms with Crippen LogP contribution in [0, 0.1) is 5.41 Å². The van der Waals surface area contributed by atoms with Gasteiger partial charge in [-0.25, -0.2) is 15.0 Å². The molecule has 28 heavy (non-hydrogen) atoms. The predicted octanol–water partition coefficient (Wildman–Crippen LogP) is 6.32. The lowest BCUT2D eigenvalue weighted by atomic mass is 9.92. The van der Waals surface area contributed by atoms with Crippen LogP contribution >= 0.6 is 11.6 Å². The number of aromatic nitrogens is 4. The molecule has 1 saturated carbocycles. The summed E-state index contributed by atoms with van der Waals surface area (Å²) in [5.74, 6) is 1.72. The fraction of sp³-hybridized carbons (Fsp3) is 0.500. The summed E-state index contributed by atoms with van der Waals surface area (Å²) in [4.78, 5) is 14.4. The van der Waals surface area contributed by atoms with Gasteiger partial charge in [0.25, 0.3) is 0 Å². The summed E-state index contributed by atoms with van der Waals surface area (Å²) in [6.45, 7) is 6.64. The normalized spacial score (nSPS) is 15.9. The Kier molecular flexibility index (Phi) is 5.28. The van der Waals surface area contributed by atoms with E-state index in [1.54, 1.807) is 0 Å². The van der Waals surface area contributed by atoms with Crippen LogP contribution in [0.2, 0.25) is 5.02 Å². The Morgan fingerprint density at radius 3 is 2.46 bits per heavy atom. The summed E-state index contributed by atoms with van der Waals surface area (Å²) in [5, 5.41) is 4.21. The Bertz CT molecular complexity index is 949. The summed E-state index contributed by atoms with van der Waals surface area (Å²) in [6, 6.07) is 8.15. The van der Waals surface area contributed by atoms with Crippen molar-refractivity contribution in [3.05, 3.63) is 41.3 Å². The average molecular weight is 398 g/mol. The van der Waals surface area contributed by atoms with Crippen molar-refractivity contribution in [2.45, 2.75) is 65.3 Å². The maximum atomic E-state index is 6.04. The molecule has 0 amide bonds. The molecular formula is C22H28ClN5. The number of fused-ring (bicyclic) bond motifs is 1. The summed E-state index contributed by atoms with van der Waals surface area (Å²) in [6.07, 6.45) is 8.87. The molecule has 4 rings (SSSR count). The molecule has 1 N–H and O–H groups in total. The first-order chi connectivity index (χ1) is 13.4. The van der Waals surface area contributed by atoms with E-state index in [-0.39, 0.29) is 5.41 Å². The third-order valence-corrected chi connectivity index (χ3v) is 5.46. The fourth-order valence-corrected chi connectivity index (χ4v) is 4.05. The second-order valence-electron chi connectivity index (χ2n) is 8.96. The van der Waals surface area contributed by atoms with Crippen molar-refractivity contribution in [3.63, 3.8) is 0 Å². The summed E-state index contributed by atoms with van der Waals surface area (Å²) < 4.78 is 2.30. The molecule has 1 aliphatic carbocycles. The van der Waals surface area contributed by atoms with Crippen molar-refractivity contribution in [2.75, 3.05) is 5.32 Å². The number of hydrogen-bond donors (Lipinski definition) is 1. The zero-order valence-electron chi connectivity index (χ0n) is 16.9. The molecule has 1 aromatic carbocycles. The molecule has 5 nitrogen and oxygen atoms in total. The number of hydrogen-bond acceptors (Lipinski definition) is 4. The van der Waals surface area contributed by atoms with Crippen LogP contribution in [-0.2, 0) is 6.42 Å². The molecule has 0 radical (unpaired) electrons. The van der Waals surface area contributed by atoms with Crippen LogP contribution in [0.3, 0.4) is 0 Å². The lowest BCUT2D eigenvalue weighted by molar-refractivity contribution is 0.361. The molecule has 2 heterocycles. The van der Waals surface area contributed by atoms with Gasteiger partial charge in [-0.3, -0.25) is 4.57 Å². The minimum atomic E-state index is 0.147. The van der Waals surface area contributed by atoms with E-state index in [0.29, 0.717) is 6.04 Å². The fourth-order valence-electron chi connectivity index (χ4n) is 3.92. The highest BCUT2D eigenvalue weighted by Gasteiger charge is 2.24. The van der Waals surface area contributed by atoms with E-state index in [9.17, 15) is 0 Å². The maximum absolute atomic E-state index is 6.04. The van der Waals surface area contributed by atoms with Crippen LogP contribution in [0.4, 0.5) is 11.6 Å². The molecule has 148 valence electrons. The van der Waals surface area contributed by atoms with Gasteiger partial charge in [-0.05, 0) is 42.5 Å². The van der Waals surface area contributed by atoms with Crippen LogP contribution in [0.15, 0.2) is 30.5 Å². The molecule has 0 atom stereocenters. The molecule has 2 aromatic heterocycles. The molecule has 0 bridgehead atoms. The van der Waals surface area contributed by atoms with Gasteiger partial charge in [0.1, 0.15) is 11.3 Å². The molecule has 0 unspecified atom stereocenters. The number of nitrogens with one attached hydrogen (secondary N) is 1. The number of anilines is 2. The first-order valence-electron chi connectivity index (χ1n) is 10.2. The molecule has 3 aromatic rings. The second-order valence-corrected chi connectivity index (χ2v) is 9.40. The summed E-state index contributed by atoms with van der Waals surface area (Å²) in [7, 11) is 0. The Hall–Kier alpha value is -2.14. The van der Waals surface area contributed by atoms with Crippen LogP contribution in [0.25, 0.3) is 11.2 Å². The summed E-state index contributed by atoms with van der Waals surface area (Å²) >= 11 is 6.04. The number of nitrogens with zero attached hydrogens (tertiary/aromatic N) is 4. The molecule has 1 fully saturated rings. The van der Waals surface area contributed by atoms with Gasteiger partial charge in [0.15, 0.2) is 5.65 Å². The van der Waals surface area contributed by atoms with Crippen molar-refractivity contribution in [1.29, 1.82) is 0 Å². The topological polar surface area (TPSA) is 55.6 Å². The number of rotatable bonds is 4. The van der Waals surface area contributed by atoms with Gasteiger partial charge in [0, 0.05) is 23.2 Å². The van der Waals surface area contributed by atoms with Crippen LogP contribution < -0.4 is 5.32 Å². The van der Waals surface area contributed by atoms with Crippen LogP contribution in [0.5, 0.6) is 0 Å².